The molecule has 4 nitrogen and oxygen atoms in total. The molecular weight excluding hydrogens is 156 g/mol. The number of aliphatic hydroxyl groups is 2. The van der Waals surface area contributed by atoms with E-state index in [9.17, 15) is 5.11 Å². The summed E-state index contributed by atoms with van der Waals surface area (Å²) in [4.78, 5) is 0. The Labute approximate surface area is 73.6 Å². The fraction of sp³-hybridized carbons (Fsp3) is 1.00. The van der Waals surface area contributed by atoms with Gasteiger partial charge in [-0.05, 0) is 38.8 Å². The maximum absolute atomic E-state index is 9.72. The lowest BCUT2D eigenvalue weighted by Crippen LogP contribution is -2.34. The molecule has 0 heterocycles. The molecule has 0 aromatic rings. The molecule has 0 fully saturated rings. The van der Waals surface area contributed by atoms with Gasteiger partial charge in [-0.3, -0.25) is 0 Å². The zero-order valence-electron chi connectivity index (χ0n) is 7.50. The van der Waals surface area contributed by atoms with Crippen molar-refractivity contribution in [1.82, 2.24) is 0 Å². The molecule has 6 N–H and O–H groups in total. The van der Waals surface area contributed by atoms with Crippen molar-refractivity contribution in [3.8, 4) is 0 Å². The molecule has 0 aromatic heterocycles. The van der Waals surface area contributed by atoms with Crippen molar-refractivity contribution in [1.29, 1.82) is 0 Å². The van der Waals surface area contributed by atoms with Crippen LogP contribution < -0.4 is 11.5 Å². The predicted molar refractivity (Wildman–Crippen MR) is 48.6 cm³/mol. The Morgan fingerprint density at radius 3 is 1.67 bits per heavy atom. The number of nitrogens with two attached hydrogens (primary N) is 2. The largest absolute Gasteiger partial charge is 0.393 e. The molecule has 0 bridgehead atoms. The van der Waals surface area contributed by atoms with Crippen molar-refractivity contribution in [2.45, 2.75) is 31.3 Å². The summed E-state index contributed by atoms with van der Waals surface area (Å²) < 4.78 is 0. The number of hydrogen-bond acceptors (Lipinski definition) is 4. The van der Waals surface area contributed by atoms with E-state index in [0.717, 1.165) is 12.8 Å². The fourth-order valence-electron chi connectivity index (χ4n) is 1.15. The number of rotatable bonds is 7. The minimum Gasteiger partial charge on any atom is -0.393 e. The normalized spacial score (nSPS) is 12.0. The van der Waals surface area contributed by atoms with Crippen molar-refractivity contribution in [3.05, 3.63) is 0 Å². The highest BCUT2D eigenvalue weighted by atomic mass is 16.3. The molecule has 0 atom stereocenters. The van der Waals surface area contributed by atoms with Gasteiger partial charge in [0.2, 0.25) is 0 Å². The van der Waals surface area contributed by atoms with Crippen molar-refractivity contribution in [2.24, 2.45) is 11.5 Å². The standard InChI is InChI=1S/C8H20N2O2/c9-5-1-3-8(12,7-11)4-2-6-10/h11-12H,1-7,9-10H2. The zero-order chi connectivity index (χ0) is 9.45. The predicted octanol–water partition coefficient (Wildman–Crippen LogP) is -0.812. The highest BCUT2D eigenvalue weighted by Crippen LogP contribution is 2.17. The molecule has 0 aliphatic carbocycles. The lowest BCUT2D eigenvalue weighted by molar-refractivity contribution is -0.0297. The fourth-order valence-corrected chi connectivity index (χ4v) is 1.15. The molecule has 0 saturated heterocycles. The number of aliphatic hydroxyl groups excluding tert-OH is 1. The van der Waals surface area contributed by atoms with Gasteiger partial charge in [0, 0.05) is 0 Å². The van der Waals surface area contributed by atoms with Crippen LogP contribution in [0.2, 0.25) is 0 Å². The number of hydrogen-bond donors (Lipinski definition) is 4. The molecular formula is C8H20N2O2. The second kappa shape index (κ2) is 6.37. The van der Waals surface area contributed by atoms with Gasteiger partial charge in [-0.15, -0.1) is 0 Å². The lowest BCUT2D eigenvalue weighted by atomic mass is 9.93. The highest BCUT2D eigenvalue weighted by Gasteiger charge is 2.23. The van der Waals surface area contributed by atoms with Crippen LogP contribution >= 0.6 is 0 Å². The first kappa shape index (κ1) is 11.8. The molecule has 0 aliphatic heterocycles. The molecule has 0 saturated carbocycles. The van der Waals surface area contributed by atoms with Gasteiger partial charge in [0.15, 0.2) is 0 Å². The molecule has 74 valence electrons. The third kappa shape index (κ3) is 4.66. The average Bonchev–Trinajstić information content (AvgIpc) is 2.11. The SMILES string of the molecule is NCCCC(O)(CO)CCCN. The van der Waals surface area contributed by atoms with E-state index in [2.05, 4.69) is 0 Å². The van der Waals surface area contributed by atoms with Gasteiger partial charge in [-0.1, -0.05) is 0 Å². The van der Waals surface area contributed by atoms with E-state index in [0.29, 0.717) is 25.9 Å². The first-order chi connectivity index (χ1) is 5.68. The first-order valence-electron chi connectivity index (χ1n) is 4.42. The van der Waals surface area contributed by atoms with Crippen LogP contribution in [0.15, 0.2) is 0 Å². The van der Waals surface area contributed by atoms with Crippen molar-refractivity contribution in [2.75, 3.05) is 19.7 Å². The van der Waals surface area contributed by atoms with Crippen LogP contribution in [-0.2, 0) is 0 Å². The van der Waals surface area contributed by atoms with Gasteiger partial charge in [0.25, 0.3) is 0 Å². The van der Waals surface area contributed by atoms with Gasteiger partial charge >= 0.3 is 0 Å². The zero-order valence-corrected chi connectivity index (χ0v) is 7.50. The molecule has 0 aliphatic rings. The molecule has 0 spiro atoms. The molecule has 0 unspecified atom stereocenters. The van der Waals surface area contributed by atoms with E-state index >= 15 is 0 Å². The van der Waals surface area contributed by atoms with Crippen molar-refractivity contribution >= 4 is 0 Å². The monoisotopic (exact) mass is 176 g/mol. The van der Waals surface area contributed by atoms with E-state index in [1.807, 2.05) is 0 Å². The summed E-state index contributed by atoms with van der Waals surface area (Å²) in [5.41, 5.74) is 9.64. The molecule has 0 rings (SSSR count). The summed E-state index contributed by atoms with van der Waals surface area (Å²) in [6, 6.07) is 0. The van der Waals surface area contributed by atoms with Crippen LogP contribution in [0.5, 0.6) is 0 Å². The Bertz CT molecular complexity index is 101. The van der Waals surface area contributed by atoms with E-state index in [4.69, 9.17) is 16.6 Å². The van der Waals surface area contributed by atoms with Gasteiger partial charge < -0.3 is 21.7 Å². The van der Waals surface area contributed by atoms with E-state index in [-0.39, 0.29) is 6.61 Å². The van der Waals surface area contributed by atoms with E-state index in [1.54, 1.807) is 0 Å². The van der Waals surface area contributed by atoms with Crippen molar-refractivity contribution in [3.63, 3.8) is 0 Å². The van der Waals surface area contributed by atoms with Gasteiger partial charge in [0.05, 0.1) is 12.2 Å². The van der Waals surface area contributed by atoms with Crippen LogP contribution in [0, 0.1) is 0 Å². The van der Waals surface area contributed by atoms with E-state index < -0.39 is 5.60 Å². The van der Waals surface area contributed by atoms with Crippen LogP contribution in [0.25, 0.3) is 0 Å². The molecule has 0 amide bonds. The minimum atomic E-state index is -0.960. The van der Waals surface area contributed by atoms with Crippen LogP contribution in [0.1, 0.15) is 25.7 Å². The summed E-state index contributed by atoms with van der Waals surface area (Å²) in [5.74, 6) is 0. The van der Waals surface area contributed by atoms with Crippen molar-refractivity contribution < 1.29 is 10.2 Å². The third-order valence-electron chi connectivity index (χ3n) is 1.99. The molecule has 4 heteroatoms. The van der Waals surface area contributed by atoms with Gasteiger partial charge in [-0.25, -0.2) is 0 Å². The summed E-state index contributed by atoms with van der Waals surface area (Å²) >= 11 is 0. The lowest BCUT2D eigenvalue weighted by Gasteiger charge is -2.25. The minimum absolute atomic E-state index is 0.201. The van der Waals surface area contributed by atoms with E-state index in [1.165, 1.54) is 0 Å². The van der Waals surface area contributed by atoms with Crippen LogP contribution in [0.3, 0.4) is 0 Å². The van der Waals surface area contributed by atoms with Crippen LogP contribution in [-0.4, -0.2) is 35.5 Å². The summed E-state index contributed by atoms with van der Waals surface area (Å²) in [5, 5.41) is 18.6. The van der Waals surface area contributed by atoms with Gasteiger partial charge in [0.1, 0.15) is 0 Å². The Morgan fingerprint density at radius 2 is 1.42 bits per heavy atom. The maximum atomic E-state index is 9.72. The average molecular weight is 176 g/mol. The maximum Gasteiger partial charge on any atom is 0.0878 e. The Kier molecular flexibility index (Phi) is 6.28. The Morgan fingerprint density at radius 1 is 1.00 bits per heavy atom. The highest BCUT2D eigenvalue weighted by molar-refractivity contribution is 4.77. The summed E-state index contributed by atoms with van der Waals surface area (Å²) in [7, 11) is 0. The second-order valence-electron chi connectivity index (χ2n) is 3.17. The van der Waals surface area contributed by atoms with Gasteiger partial charge in [-0.2, -0.15) is 0 Å². The molecule has 0 aromatic carbocycles. The second-order valence-corrected chi connectivity index (χ2v) is 3.17. The molecule has 12 heavy (non-hydrogen) atoms. The quantitative estimate of drug-likeness (QED) is 0.408. The summed E-state index contributed by atoms with van der Waals surface area (Å²) in [6.45, 7) is 0.892. The van der Waals surface area contributed by atoms with Crippen LogP contribution in [0.4, 0.5) is 0 Å². The Hall–Kier alpha value is -0.160. The Balaban J connectivity index is 3.70. The third-order valence-corrected chi connectivity index (χ3v) is 1.99. The summed E-state index contributed by atoms with van der Waals surface area (Å²) in [6.07, 6.45) is 2.59. The first-order valence-corrected chi connectivity index (χ1v) is 4.42. The molecule has 0 radical (unpaired) electrons. The topological polar surface area (TPSA) is 92.5 Å². The smallest absolute Gasteiger partial charge is 0.0878 e.